The lowest BCUT2D eigenvalue weighted by Crippen LogP contribution is -2.26. The molecule has 0 saturated heterocycles. The van der Waals surface area contributed by atoms with Crippen LogP contribution in [0.15, 0.2) is 30.5 Å². The molecule has 0 amide bonds. The van der Waals surface area contributed by atoms with Crippen molar-refractivity contribution in [1.82, 2.24) is 9.97 Å². The summed E-state index contributed by atoms with van der Waals surface area (Å²) in [5.41, 5.74) is -1.26. The van der Waals surface area contributed by atoms with Crippen molar-refractivity contribution in [2.24, 2.45) is 0 Å². The van der Waals surface area contributed by atoms with Crippen molar-refractivity contribution in [2.75, 3.05) is 10.6 Å². The normalized spacial score (nSPS) is 12.1. The van der Waals surface area contributed by atoms with Crippen LogP contribution in [0.2, 0.25) is 5.02 Å². The Kier molecular flexibility index (Phi) is 4.70. The number of aromatic nitrogens is 2. The van der Waals surface area contributed by atoms with E-state index in [2.05, 4.69) is 20.6 Å². The quantitative estimate of drug-likeness (QED) is 0.813. The van der Waals surface area contributed by atoms with E-state index in [4.69, 9.17) is 11.6 Å². The smallest absolute Gasteiger partial charge is 0.365 e. The van der Waals surface area contributed by atoms with Crippen LogP contribution in [0.4, 0.5) is 30.6 Å². The molecule has 0 radical (unpaired) electrons. The molecule has 0 aliphatic rings. The fourth-order valence-corrected chi connectivity index (χ4v) is 2.03. The summed E-state index contributed by atoms with van der Waals surface area (Å²) in [6.45, 7) is 5.84. The van der Waals surface area contributed by atoms with Gasteiger partial charge in [-0.05, 0) is 45.0 Å². The lowest BCUT2D eigenvalue weighted by Gasteiger charge is -2.21. The summed E-state index contributed by atoms with van der Waals surface area (Å²) in [7, 11) is 0. The third-order valence-corrected chi connectivity index (χ3v) is 2.93. The highest BCUT2D eigenvalue weighted by Gasteiger charge is 2.34. The van der Waals surface area contributed by atoms with E-state index in [1.54, 1.807) is 6.07 Å². The van der Waals surface area contributed by atoms with Gasteiger partial charge in [0.1, 0.15) is 5.82 Å². The van der Waals surface area contributed by atoms with Crippen molar-refractivity contribution in [3.8, 4) is 0 Å². The Labute approximate surface area is 137 Å². The van der Waals surface area contributed by atoms with E-state index in [0.29, 0.717) is 5.82 Å². The molecule has 0 saturated carbocycles. The van der Waals surface area contributed by atoms with E-state index < -0.39 is 11.7 Å². The maximum atomic E-state index is 13.1. The van der Waals surface area contributed by atoms with Crippen LogP contribution < -0.4 is 10.6 Å². The van der Waals surface area contributed by atoms with Crippen LogP contribution in [0.5, 0.6) is 0 Å². The number of benzene rings is 1. The van der Waals surface area contributed by atoms with Crippen molar-refractivity contribution >= 4 is 29.1 Å². The molecular formula is C15H16ClF3N4. The average molecular weight is 345 g/mol. The molecule has 0 bridgehead atoms. The number of nitrogens with zero attached hydrogens (tertiary/aromatic N) is 2. The zero-order valence-corrected chi connectivity index (χ0v) is 13.5. The van der Waals surface area contributed by atoms with E-state index in [9.17, 15) is 13.2 Å². The molecule has 8 heteroatoms. The molecule has 124 valence electrons. The zero-order valence-electron chi connectivity index (χ0n) is 12.8. The minimum Gasteiger partial charge on any atom is -0.365 e. The second-order valence-corrected chi connectivity index (χ2v) is 6.39. The van der Waals surface area contributed by atoms with Gasteiger partial charge in [-0.1, -0.05) is 11.6 Å². The maximum absolute atomic E-state index is 13.1. The fourth-order valence-electron chi connectivity index (χ4n) is 1.85. The Morgan fingerprint density at radius 3 is 2.39 bits per heavy atom. The third-order valence-electron chi connectivity index (χ3n) is 2.69. The van der Waals surface area contributed by atoms with Crippen LogP contribution in [0, 0.1) is 0 Å². The van der Waals surface area contributed by atoms with Gasteiger partial charge in [0.2, 0.25) is 5.95 Å². The van der Waals surface area contributed by atoms with Crippen LogP contribution >= 0.6 is 11.6 Å². The van der Waals surface area contributed by atoms with Crippen LogP contribution in [0.1, 0.15) is 26.3 Å². The standard InChI is InChI=1S/C15H16ClF3N4/c1-14(2,3)23-12-6-7-20-13(22-12)21-11-5-4-9(16)8-10(11)15(17,18)19/h4-8H,1-3H3,(H2,20,21,22,23). The first-order chi connectivity index (χ1) is 10.5. The molecule has 0 unspecified atom stereocenters. The summed E-state index contributed by atoms with van der Waals surface area (Å²) in [5, 5.41) is 5.72. The summed E-state index contributed by atoms with van der Waals surface area (Å²) in [6.07, 6.45) is -3.07. The highest BCUT2D eigenvalue weighted by Crippen LogP contribution is 2.37. The fraction of sp³-hybridized carbons (Fsp3) is 0.333. The zero-order chi connectivity index (χ0) is 17.3. The van der Waals surface area contributed by atoms with Crippen molar-refractivity contribution in [3.63, 3.8) is 0 Å². The molecule has 0 fully saturated rings. The van der Waals surface area contributed by atoms with Gasteiger partial charge in [0.15, 0.2) is 0 Å². The Hall–Kier alpha value is -2.02. The SMILES string of the molecule is CC(C)(C)Nc1ccnc(Nc2ccc(Cl)cc2C(F)(F)F)n1. The molecule has 0 spiro atoms. The molecule has 2 aromatic rings. The average Bonchev–Trinajstić information content (AvgIpc) is 2.38. The highest BCUT2D eigenvalue weighted by molar-refractivity contribution is 6.30. The second kappa shape index (κ2) is 6.23. The number of hydrogen-bond acceptors (Lipinski definition) is 4. The monoisotopic (exact) mass is 344 g/mol. The van der Waals surface area contributed by atoms with Gasteiger partial charge in [0, 0.05) is 16.8 Å². The Balaban J connectivity index is 2.31. The minimum atomic E-state index is -4.53. The molecule has 0 aliphatic heterocycles. The van der Waals surface area contributed by atoms with Crippen LogP contribution in [0.25, 0.3) is 0 Å². The van der Waals surface area contributed by atoms with E-state index in [1.165, 1.54) is 18.3 Å². The molecule has 2 N–H and O–H groups in total. The summed E-state index contributed by atoms with van der Waals surface area (Å²) >= 11 is 5.65. The van der Waals surface area contributed by atoms with E-state index in [1.807, 2.05) is 20.8 Å². The molecule has 1 aromatic carbocycles. The number of hydrogen-bond donors (Lipinski definition) is 2. The molecule has 23 heavy (non-hydrogen) atoms. The summed E-state index contributed by atoms with van der Waals surface area (Å²) < 4.78 is 39.2. The Morgan fingerprint density at radius 1 is 1.09 bits per heavy atom. The predicted octanol–water partition coefficient (Wildman–Crippen LogP) is 5.10. The van der Waals surface area contributed by atoms with Crippen molar-refractivity contribution in [1.29, 1.82) is 0 Å². The first kappa shape index (κ1) is 17.3. The number of anilines is 3. The van der Waals surface area contributed by atoms with Gasteiger partial charge >= 0.3 is 6.18 Å². The molecule has 2 rings (SSSR count). The van der Waals surface area contributed by atoms with Crippen molar-refractivity contribution < 1.29 is 13.2 Å². The number of halogens is 4. The Bertz CT molecular complexity index is 696. The van der Waals surface area contributed by atoms with Crippen LogP contribution in [-0.4, -0.2) is 15.5 Å². The molecule has 0 atom stereocenters. The van der Waals surface area contributed by atoms with Gasteiger partial charge < -0.3 is 10.6 Å². The minimum absolute atomic E-state index is 0.00643. The lowest BCUT2D eigenvalue weighted by atomic mass is 10.1. The largest absolute Gasteiger partial charge is 0.418 e. The highest BCUT2D eigenvalue weighted by atomic mass is 35.5. The molecular weight excluding hydrogens is 329 g/mol. The van der Waals surface area contributed by atoms with Gasteiger partial charge in [-0.15, -0.1) is 0 Å². The van der Waals surface area contributed by atoms with Gasteiger partial charge in [0.05, 0.1) is 11.3 Å². The maximum Gasteiger partial charge on any atom is 0.418 e. The third kappa shape index (κ3) is 4.99. The molecule has 4 nitrogen and oxygen atoms in total. The molecule has 1 heterocycles. The summed E-state index contributed by atoms with van der Waals surface area (Å²) in [6, 6.07) is 5.12. The first-order valence-corrected chi connectivity index (χ1v) is 7.17. The Morgan fingerprint density at radius 2 is 1.78 bits per heavy atom. The predicted molar refractivity (Wildman–Crippen MR) is 85.1 cm³/mol. The van der Waals surface area contributed by atoms with Crippen molar-refractivity contribution in [3.05, 3.63) is 41.0 Å². The second-order valence-electron chi connectivity index (χ2n) is 5.95. The van der Waals surface area contributed by atoms with Crippen molar-refractivity contribution in [2.45, 2.75) is 32.5 Å². The molecule has 0 aliphatic carbocycles. The number of alkyl halides is 3. The van der Waals surface area contributed by atoms with E-state index in [0.717, 1.165) is 6.07 Å². The van der Waals surface area contributed by atoms with Crippen LogP contribution in [-0.2, 0) is 6.18 Å². The van der Waals surface area contributed by atoms with Crippen LogP contribution in [0.3, 0.4) is 0 Å². The van der Waals surface area contributed by atoms with Gasteiger partial charge in [-0.3, -0.25) is 0 Å². The van der Waals surface area contributed by atoms with Gasteiger partial charge in [0.25, 0.3) is 0 Å². The van der Waals surface area contributed by atoms with Gasteiger partial charge in [-0.2, -0.15) is 18.2 Å². The number of nitrogens with one attached hydrogen (secondary N) is 2. The van der Waals surface area contributed by atoms with Gasteiger partial charge in [-0.25, -0.2) is 4.98 Å². The molecule has 1 aromatic heterocycles. The van der Waals surface area contributed by atoms with E-state index >= 15 is 0 Å². The lowest BCUT2D eigenvalue weighted by molar-refractivity contribution is -0.136. The first-order valence-electron chi connectivity index (χ1n) is 6.79. The summed E-state index contributed by atoms with van der Waals surface area (Å²) in [4.78, 5) is 8.11. The topological polar surface area (TPSA) is 49.8 Å². The number of rotatable bonds is 3. The van der Waals surface area contributed by atoms with E-state index in [-0.39, 0.29) is 22.2 Å². The summed E-state index contributed by atoms with van der Waals surface area (Å²) in [5.74, 6) is 0.574.